The molecule has 0 bridgehead atoms. The first-order valence-electron chi connectivity index (χ1n) is 15.2. The zero-order chi connectivity index (χ0) is 39.8. The van der Waals surface area contributed by atoms with Crippen molar-refractivity contribution in [2.24, 2.45) is 5.41 Å². The number of aliphatic hydroxyl groups excluding tert-OH is 2. The number of thioether (sulfide) groups is 1. The topological polar surface area (TPSA) is 372 Å². The van der Waals surface area contributed by atoms with Crippen LogP contribution in [-0.2, 0) is 50.7 Å². The first-order valence-corrected chi connectivity index (χ1v) is 20.6. The minimum atomic E-state index is -5.89. The van der Waals surface area contributed by atoms with Crippen molar-refractivity contribution in [2.45, 2.75) is 57.8 Å². The standard InChI is InChI=1S/C25H40N7O17P3S.3Na/c1-4-5-16(34)53-9-8-27-15(33)6-7-28-23(37)20(36)25(2,3)11-46-52(43,44)49-51(41,42)45-10-14-19(48-50(38,39)40)18(35)24(47-14)32-13-31-17-21(26)29-12-30-22(17)32;;;/h4-5,12-14,18-20,24,35-36H,6-11H2,1-3H3,(H,27,33)(H,28,37)(H,41,42)(H,43,44)(H2,26,29,30)(H2,38,39,40);;;/q;3*+1/p-3/b5-4+;;;/t14-,18+,19?,20+,24-;;;/m1.../s1. The van der Waals surface area contributed by atoms with Crippen LogP contribution in [0.2, 0.25) is 0 Å². The van der Waals surface area contributed by atoms with Crippen LogP contribution in [0.5, 0.6) is 0 Å². The first-order chi connectivity index (χ1) is 24.6. The summed E-state index contributed by atoms with van der Waals surface area (Å²) in [5, 5.41) is 25.9. The van der Waals surface area contributed by atoms with Crippen LogP contribution in [0.15, 0.2) is 24.8 Å². The van der Waals surface area contributed by atoms with Crippen molar-refractivity contribution in [3.05, 3.63) is 24.8 Å². The molecule has 2 aromatic rings. The monoisotopic (exact) mass is 901 g/mol. The number of nitrogens with zero attached hydrogens (tertiary/aromatic N) is 4. The minimum Gasteiger partial charge on any atom is -0.756 e. The van der Waals surface area contributed by atoms with E-state index in [2.05, 4.69) is 43.5 Å². The van der Waals surface area contributed by atoms with Crippen LogP contribution in [0, 0.1) is 5.41 Å². The van der Waals surface area contributed by atoms with E-state index in [-0.39, 0.29) is 130 Å². The number of aromatic nitrogens is 4. The number of nitrogens with one attached hydrogen (secondary N) is 2. The van der Waals surface area contributed by atoms with E-state index >= 15 is 0 Å². The van der Waals surface area contributed by atoms with Crippen LogP contribution in [0.1, 0.15) is 33.4 Å². The fraction of sp³-hybridized carbons (Fsp3) is 0.600. The van der Waals surface area contributed by atoms with Crippen molar-refractivity contribution in [3.8, 4) is 0 Å². The van der Waals surface area contributed by atoms with Gasteiger partial charge in [0.2, 0.25) is 16.9 Å². The molecule has 0 spiro atoms. The zero-order valence-electron chi connectivity index (χ0n) is 31.1. The molecule has 0 aliphatic carbocycles. The molecule has 0 radical (unpaired) electrons. The molecule has 8 atom stereocenters. The Morgan fingerprint density at radius 2 is 1.73 bits per heavy atom. The molecule has 298 valence electrons. The maximum atomic E-state index is 12.5. The van der Waals surface area contributed by atoms with Gasteiger partial charge in [-0.1, -0.05) is 31.7 Å². The van der Waals surface area contributed by atoms with Crippen LogP contribution >= 0.6 is 35.2 Å². The van der Waals surface area contributed by atoms with Gasteiger partial charge in [0.05, 0.1) is 19.5 Å². The normalized spacial score (nSPS) is 22.0. The van der Waals surface area contributed by atoms with E-state index in [0.29, 0.717) is 5.75 Å². The first kappa shape index (κ1) is 56.3. The number of phosphoric ester groups is 3. The van der Waals surface area contributed by atoms with E-state index in [4.69, 9.17) is 10.5 Å². The predicted octanol–water partition coefficient (Wildman–Crippen LogP) is -11.6. The van der Waals surface area contributed by atoms with Gasteiger partial charge in [-0.2, -0.15) is 0 Å². The number of rotatable bonds is 20. The summed E-state index contributed by atoms with van der Waals surface area (Å²) in [4.78, 5) is 93.1. The molecule has 31 heteroatoms. The average molecular weight is 902 g/mol. The van der Waals surface area contributed by atoms with E-state index < -0.39 is 84.6 Å². The molecule has 3 rings (SSSR count). The number of amides is 2. The van der Waals surface area contributed by atoms with Gasteiger partial charge in [-0.15, -0.1) is 0 Å². The second-order valence-corrected chi connectivity index (χ2v) is 16.9. The summed E-state index contributed by atoms with van der Waals surface area (Å²) in [5.41, 5.74) is 4.10. The Morgan fingerprint density at radius 3 is 2.36 bits per heavy atom. The molecule has 1 saturated heterocycles. The molecule has 7 N–H and O–H groups in total. The number of nitrogen functional groups attached to an aromatic ring is 1. The molecule has 0 aromatic carbocycles. The van der Waals surface area contributed by atoms with Crippen LogP contribution in [0.25, 0.3) is 11.2 Å². The number of aliphatic hydroxyl groups is 2. The Balaban J connectivity index is 0.0000101. The van der Waals surface area contributed by atoms with E-state index in [1.165, 1.54) is 19.9 Å². The summed E-state index contributed by atoms with van der Waals surface area (Å²) in [7, 11) is -17.3. The van der Waals surface area contributed by atoms with Crippen LogP contribution in [0.3, 0.4) is 0 Å². The molecular formula is C25H37N7Na3O17P3S. The molecule has 2 amide bonds. The van der Waals surface area contributed by atoms with Gasteiger partial charge in [-0.3, -0.25) is 32.6 Å². The fourth-order valence-electron chi connectivity index (χ4n) is 4.45. The van der Waals surface area contributed by atoms with Crippen molar-refractivity contribution in [3.63, 3.8) is 0 Å². The second kappa shape index (κ2) is 24.7. The largest absolute Gasteiger partial charge is 1.00 e. The SMILES string of the molecule is C/C=C/C(=O)SCCNC(=O)CCNC(=O)[C@H](O)C(C)(C)COP(=O)([O-])OP(=O)([O-])OC[C@H]1O[C@@H](n2cnc3c(N)ncnc32)[C@@H](O)C1OP(=O)([O-])O.[Na+].[Na+].[Na+]. The van der Waals surface area contributed by atoms with Crippen molar-refractivity contribution >= 4 is 69.1 Å². The zero-order valence-corrected chi connectivity index (χ0v) is 40.6. The third-order valence-electron chi connectivity index (χ3n) is 7.03. The van der Waals surface area contributed by atoms with Gasteiger partial charge in [-0.25, -0.2) is 19.3 Å². The predicted molar refractivity (Wildman–Crippen MR) is 175 cm³/mol. The summed E-state index contributed by atoms with van der Waals surface area (Å²) in [6.45, 7) is 1.82. The minimum absolute atomic E-state index is 0. The number of hydrogen-bond acceptors (Lipinski definition) is 21. The van der Waals surface area contributed by atoms with Crippen molar-refractivity contribution < 1.29 is 169 Å². The number of fused-ring (bicyclic) bond motifs is 1. The number of phosphoric acid groups is 3. The number of carbonyl (C=O) groups excluding carboxylic acids is 3. The second-order valence-electron chi connectivity index (χ2n) is 11.7. The Morgan fingerprint density at radius 1 is 1.09 bits per heavy atom. The van der Waals surface area contributed by atoms with Crippen LogP contribution in [0.4, 0.5) is 5.82 Å². The Labute approximate surface area is 390 Å². The summed E-state index contributed by atoms with van der Waals surface area (Å²) >= 11 is 0.998. The molecule has 2 aromatic heterocycles. The number of ether oxygens (including phenoxy) is 1. The molecule has 3 heterocycles. The van der Waals surface area contributed by atoms with E-state index in [1.807, 2.05) is 0 Å². The van der Waals surface area contributed by atoms with Crippen LogP contribution < -0.4 is 120 Å². The molecule has 1 fully saturated rings. The molecule has 56 heavy (non-hydrogen) atoms. The quantitative estimate of drug-likeness (QED) is 0.0311. The van der Waals surface area contributed by atoms with E-state index in [1.54, 1.807) is 13.0 Å². The smallest absolute Gasteiger partial charge is 0.756 e. The van der Waals surface area contributed by atoms with Crippen LogP contribution in [-0.4, -0.2) is 108 Å². The Bertz CT molecular complexity index is 1810. The number of carbonyl (C=O) groups is 3. The molecule has 4 unspecified atom stereocenters. The third-order valence-corrected chi connectivity index (χ3v) is 10.9. The fourth-order valence-corrected chi connectivity index (χ4v) is 7.83. The summed E-state index contributed by atoms with van der Waals surface area (Å²) in [6.07, 6.45) is -4.42. The average Bonchev–Trinajstić information content (AvgIpc) is 3.61. The van der Waals surface area contributed by atoms with Gasteiger partial charge in [0.25, 0.3) is 23.5 Å². The number of anilines is 1. The van der Waals surface area contributed by atoms with Gasteiger partial charge in [-0.05, 0) is 13.0 Å². The molecular weight excluding hydrogens is 864 g/mol. The van der Waals surface area contributed by atoms with E-state index in [0.717, 1.165) is 29.0 Å². The Kier molecular flexibility index (Phi) is 24.8. The number of imidazole rings is 1. The van der Waals surface area contributed by atoms with Crippen molar-refractivity contribution in [1.29, 1.82) is 0 Å². The summed E-state index contributed by atoms with van der Waals surface area (Å²) < 4.78 is 60.6. The summed E-state index contributed by atoms with van der Waals surface area (Å²) in [6, 6.07) is 0. The third kappa shape index (κ3) is 17.7. The molecule has 1 aliphatic heterocycles. The van der Waals surface area contributed by atoms with Gasteiger partial charge in [0, 0.05) is 30.7 Å². The Hall–Kier alpha value is 0.300. The van der Waals surface area contributed by atoms with Gasteiger partial charge >= 0.3 is 88.7 Å². The summed E-state index contributed by atoms with van der Waals surface area (Å²) in [5.74, 6) is -1.22. The van der Waals surface area contributed by atoms with E-state index in [9.17, 15) is 57.9 Å². The van der Waals surface area contributed by atoms with Gasteiger partial charge in [0.15, 0.2) is 17.7 Å². The molecule has 0 saturated carbocycles. The van der Waals surface area contributed by atoms with Crippen molar-refractivity contribution in [2.75, 3.05) is 37.8 Å². The maximum absolute atomic E-state index is 12.5. The van der Waals surface area contributed by atoms with Crippen molar-refractivity contribution in [1.82, 2.24) is 30.2 Å². The number of nitrogens with two attached hydrogens (primary N) is 1. The number of allylic oxidation sites excluding steroid dienone is 1. The molecule has 1 aliphatic rings. The molecule has 24 nitrogen and oxygen atoms in total. The number of hydrogen-bond donors (Lipinski definition) is 6. The van der Waals surface area contributed by atoms with Gasteiger partial charge in [0.1, 0.15) is 36.3 Å². The maximum Gasteiger partial charge on any atom is 1.00 e. The van der Waals surface area contributed by atoms with Gasteiger partial charge < -0.3 is 64.5 Å².